The average molecular weight is 498 g/mol. The van der Waals surface area contributed by atoms with Crippen LogP contribution >= 0.6 is 34.5 Å². The Bertz CT molecular complexity index is 1410. The lowest BCUT2D eigenvalue weighted by atomic mass is 9.97. The molecule has 2 aromatic heterocycles. The highest BCUT2D eigenvalue weighted by molar-refractivity contribution is 7.18. The van der Waals surface area contributed by atoms with E-state index < -0.39 is 6.04 Å². The predicted octanol–water partition coefficient (Wildman–Crippen LogP) is 6.51. The number of fused-ring (bicyclic) bond motifs is 3. The molecule has 1 amide bonds. The fraction of sp³-hybridized carbons (Fsp3) is 0.240. The van der Waals surface area contributed by atoms with E-state index in [0.29, 0.717) is 26.9 Å². The van der Waals surface area contributed by atoms with Crippen LogP contribution in [0.1, 0.15) is 36.2 Å². The smallest absolute Gasteiger partial charge is 0.263 e. The zero-order valence-corrected chi connectivity index (χ0v) is 20.2. The molecule has 0 saturated heterocycles. The number of nitrogens with zero attached hydrogens (tertiary/aromatic N) is 2. The molecule has 1 aliphatic rings. The third-order valence-corrected chi connectivity index (χ3v) is 7.57. The summed E-state index contributed by atoms with van der Waals surface area (Å²) < 4.78 is 1.51. The van der Waals surface area contributed by atoms with Gasteiger partial charge in [-0.2, -0.15) is 0 Å². The highest BCUT2D eigenvalue weighted by Crippen LogP contribution is 2.35. The molecule has 168 valence electrons. The van der Waals surface area contributed by atoms with Crippen LogP contribution in [-0.4, -0.2) is 15.5 Å². The Kier molecular flexibility index (Phi) is 5.99. The number of benzene rings is 2. The predicted molar refractivity (Wildman–Crippen MR) is 136 cm³/mol. The second-order valence-electron chi connectivity index (χ2n) is 8.19. The molecule has 1 unspecified atom stereocenters. The van der Waals surface area contributed by atoms with Crippen LogP contribution in [0.25, 0.3) is 21.6 Å². The van der Waals surface area contributed by atoms with Crippen molar-refractivity contribution in [1.29, 1.82) is 0 Å². The molecular weight excluding hydrogens is 477 g/mol. The minimum absolute atomic E-state index is 0.176. The molecule has 5 nitrogen and oxygen atoms in total. The highest BCUT2D eigenvalue weighted by Gasteiger charge is 2.27. The van der Waals surface area contributed by atoms with Crippen molar-refractivity contribution in [2.24, 2.45) is 0 Å². The number of rotatable bonds is 4. The zero-order chi connectivity index (χ0) is 23.1. The van der Waals surface area contributed by atoms with Gasteiger partial charge in [0, 0.05) is 26.2 Å². The van der Waals surface area contributed by atoms with E-state index in [4.69, 9.17) is 28.2 Å². The van der Waals surface area contributed by atoms with Crippen LogP contribution in [0.5, 0.6) is 0 Å². The van der Waals surface area contributed by atoms with Gasteiger partial charge in [-0.15, -0.1) is 11.3 Å². The molecular formula is C25H21Cl2N3O2S. The Morgan fingerprint density at radius 3 is 2.52 bits per heavy atom. The summed E-state index contributed by atoms with van der Waals surface area (Å²) >= 11 is 13.8. The van der Waals surface area contributed by atoms with Gasteiger partial charge >= 0.3 is 0 Å². The summed E-state index contributed by atoms with van der Waals surface area (Å²) in [6, 6.07) is 13.5. The van der Waals surface area contributed by atoms with E-state index in [-0.39, 0.29) is 11.5 Å². The molecule has 1 N–H and O–H groups in total. The molecule has 5 rings (SSSR count). The van der Waals surface area contributed by atoms with E-state index in [1.54, 1.807) is 36.5 Å². The summed E-state index contributed by atoms with van der Waals surface area (Å²) in [5.74, 6) is 0.135. The Morgan fingerprint density at radius 1 is 1.09 bits per heavy atom. The molecule has 33 heavy (non-hydrogen) atoms. The first-order valence-corrected chi connectivity index (χ1v) is 12.4. The zero-order valence-electron chi connectivity index (χ0n) is 17.9. The molecule has 0 aliphatic heterocycles. The van der Waals surface area contributed by atoms with Crippen molar-refractivity contribution in [3.8, 4) is 11.4 Å². The number of hydrogen-bond acceptors (Lipinski definition) is 4. The van der Waals surface area contributed by atoms with Gasteiger partial charge in [-0.1, -0.05) is 53.5 Å². The number of carbonyl (C=O) groups excluding carboxylic acids is 1. The minimum atomic E-state index is -0.804. The topological polar surface area (TPSA) is 64.0 Å². The van der Waals surface area contributed by atoms with Crippen LogP contribution in [0.4, 0.5) is 5.69 Å². The monoisotopic (exact) mass is 497 g/mol. The number of thiophene rings is 1. The van der Waals surface area contributed by atoms with Gasteiger partial charge < -0.3 is 5.32 Å². The van der Waals surface area contributed by atoms with Crippen molar-refractivity contribution in [1.82, 2.24) is 9.55 Å². The molecule has 2 heterocycles. The Morgan fingerprint density at radius 2 is 1.79 bits per heavy atom. The number of nitrogens with one attached hydrogen (secondary N) is 1. The van der Waals surface area contributed by atoms with Crippen LogP contribution in [0.3, 0.4) is 0 Å². The number of halogens is 2. The fourth-order valence-electron chi connectivity index (χ4n) is 4.36. The van der Waals surface area contributed by atoms with E-state index >= 15 is 0 Å². The molecule has 0 fully saturated rings. The maximum absolute atomic E-state index is 13.9. The number of aryl methyl sites for hydroxylation is 2. The second kappa shape index (κ2) is 8.93. The minimum Gasteiger partial charge on any atom is -0.324 e. The van der Waals surface area contributed by atoms with Crippen molar-refractivity contribution < 1.29 is 4.79 Å². The highest BCUT2D eigenvalue weighted by atomic mass is 35.5. The Balaban J connectivity index is 1.65. The molecule has 4 aromatic rings. The molecule has 0 bridgehead atoms. The Hall–Kier alpha value is -2.67. The maximum atomic E-state index is 13.9. The lowest BCUT2D eigenvalue weighted by Gasteiger charge is -2.20. The SMILES string of the molecule is CC(C(=O)Nc1cc(Cl)cc(Cl)c1)n1c(-c2ccccc2)nc2sc3c(c2c1=O)CCCC3. The maximum Gasteiger partial charge on any atom is 0.263 e. The van der Waals surface area contributed by atoms with Gasteiger partial charge in [-0.25, -0.2) is 4.98 Å². The van der Waals surface area contributed by atoms with Crippen LogP contribution in [0.15, 0.2) is 53.3 Å². The molecule has 0 spiro atoms. The standard InChI is InChI=1S/C25H21Cl2N3O2S/c1-14(23(31)28-18-12-16(26)11-17(27)13-18)30-22(15-7-3-2-4-8-15)29-24-21(25(30)32)19-9-5-6-10-20(19)33-24/h2-4,7-8,11-14H,5-6,9-10H2,1H3,(H,28,31). The Labute approximate surface area is 205 Å². The normalized spacial score (nSPS) is 14.2. The molecule has 0 saturated carbocycles. The van der Waals surface area contributed by atoms with Crippen LogP contribution < -0.4 is 10.9 Å². The van der Waals surface area contributed by atoms with Crippen LogP contribution in [0.2, 0.25) is 10.0 Å². The molecule has 1 aliphatic carbocycles. The van der Waals surface area contributed by atoms with E-state index in [0.717, 1.165) is 41.6 Å². The van der Waals surface area contributed by atoms with Crippen LogP contribution in [-0.2, 0) is 17.6 Å². The van der Waals surface area contributed by atoms with E-state index in [1.807, 2.05) is 30.3 Å². The van der Waals surface area contributed by atoms with Gasteiger partial charge in [-0.3, -0.25) is 14.2 Å². The van der Waals surface area contributed by atoms with Crippen molar-refractivity contribution in [3.63, 3.8) is 0 Å². The van der Waals surface area contributed by atoms with Crippen molar-refractivity contribution in [2.75, 3.05) is 5.32 Å². The van der Waals surface area contributed by atoms with Gasteiger partial charge in [-0.05, 0) is 56.4 Å². The molecule has 8 heteroatoms. The number of carbonyl (C=O) groups is 1. The first-order valence-electron chi connectivity index (χ1n) is 10.8. The summed E-state index contributed by atoms with van der Waals surface area (Å²) in [6.45, 7) is 1.71. The van der Waals surface area contributed by atoms with Gasteiger partial charge in [0.1, 0.15) is 16.7 Å². The number of hydrogen-bond donors (Lipinski definition) is 1. The van der Waals surface area contributed by atoms with Gasteiger partial charge in [0.25, 0.3) is 5.56 Å². The summed E-state index contributed by atoms with van der Waals surface area (Å²) in [4.78, 5) is 34.0. The number of aromatic nitrogens is 2. The van der Waals surface area contributed by atoms with Gasteiger partial charge in [0.15, 0.2) is 0 Å². The molecule has 2 aromatic carbocycles. The van der Waals surface area contributed by atoms with Crippen molar-refractivity contribution in [2.45, 2.75) is 38.6 Å². The molecule has 0 radical (unpaired) electrons. The third kappa shape index (κ3) is 4.19. The summed E-state index contributed by atoms with van der Waals surface area (Å²) in [6.07, 6.45) is 4.03. The van der Waals surface area contributed by atoms with E-state index in [1.165, 1.54) is 9.44 Å². The number of amides is 1. The average Bonchev–Trinajstić information content (AvgIpc) is 3.17. The first-order chi connectivity index (χ1) is 15.9. The van der Waals surface area contributed by atoms with Crippen LogP contribution in [0, 0.1) is 0 Å². The largest absolute Gasteiger partial charge is 0.324 e. The van der Waals surface area contributed by atoms with E-state index in [2.05, 4.69) is 5.32 Å². The van der Waals surface area contributed by atoms with Gasteiger partial charge in [0.2, 0.25) is 5.91 Å². The summed E-state index contributed by atoms with van der Waals surface area (Å²) in [5.41, 5.74) is 2.18. The summed E-state index contributed by atoms with van der Waals surface area (Å²) in [5, 5.41) is 4.33. The van der Waals surface area contributed by atoms with Crippen molar-refractivity contribution in [3.05, 3.63) is 79.4 Å². The fourth-order valence-corrected chi connectivity index (χ4v) is 6.14. The summed E-state index contributed by atoms with van der Waals surface area (Å²) in [7, 11) is 0. The first kappa shape index (κ1) is 22.1. The lowest BCUT2D eigenvalue weighted by molar-refractivity contribution is -0.118. The quantitative estimate of drug-likeness (QED) is 0.349. The third-order valence-electron chi connectivity index (χ3n) is 5.95. The number of anilines is 1. The second-order valence-corrected chi connectivity index (χ2v) is 10.1. The van der Waals surface area contributed by atoms with Gasteiger partial charge in [0.05, 0.1) is 5.39 Å². The van der Waals surface area contributed by atoms with E-state index in [9.17, 15) is 9.59 Å². The van der Waals surface area contributed by atoms with Crippen molar-refractivity contribution >= 4 is 56.3 Å². The lowest BCUT2D eigenvalue weighted by Crippen LogP contribution is -2.33. The molecule has 1 atom stereocenters.